The first-order chi connectivity index (χ1) is 9.72. The van der Waals surface area contributed by atoms with Gasteiger partial charge in [-0.3, -0.25) is 0 Å². The quantitative estimate of drug-likeness (QED) is 0.878. The summed E-state index contributed by atoms with van der Waals surface area (Å²) in [5.74, 6) is 0.545. The zero-order chi connectivity index (χ0) is 13.9. The van der Waals surface area contributed by atoms with E-state index < -0.39 is 0 Å². The van der Waals surface area contributed by atoms with Crippen LogP contribution in [0.25, 0.3) is 0 Å². The number of benzene rings is 2. The molecule has 2 heteroatoms. The molecule has 0 unspecified atom stereocenters. The Labute approximate surface area is 119 Å². The molecule has 3 rings (SSSR count). The van der Waals surface area contributed by atoms with Crippen LogP contribution in [0.5, 0.6) is 0 Å². The Morgan fingerprint density at radius 3 is 2.45 bits per heavy atom. The summed E-state index contributed by atoms with van der Waals surface area (Å²) in [6.07, 6.45) is 2.30. The second-order valence-electron chi connectivity index (χ2n) is 5.75. The Hall–Kier alpha value is -1.67. The van der Waals surface area contributed by atoms with E-state index in [0.717, 1.165) is 18.4 Å². The van der Waals surface area contributed by atoms with Gasteiger partial charge < -0.3 is 5.32 Å². The highest BCUT2D eigenvalue weighted by molar-refractivity contribution is 5.27. The van der Waals surface area contributed by atoms with Crippen LogP contribution in [-0.4, -0.2) is 6.04 Å². The van der Waals surface area contributed by atoms with E-state index >= 15 is 0 Å². The molecule has 104 valence electrons. The van der Waals surface area contributed by atoms with Gasteiger partial charge in [-0.05, 0) is 37.3 Å². The van der Waals surface area contributed by atoms with Crippen molar-refractivity contribution in [2.75, 3.05) is 0 Å². The molecule has 1 aliphatic carbocycles. The highest BCUT2D eigenvalue weighted by Crippen LogP contribution is 2.37. The number of halogens is 1. The van der Waals surface area contributed by atoms with Crippen molar-refractivity contribution in [3.8, 4) is 0 Å². The first-order valence-corrected chi connectivity index (χ1v) is 7.26. The lowest BCUT2D eigenvalue weighted by molar-refractivity contribution is 0.288. The van der Waals surface area contributed by atoms with Gasteiger partial charge in [0.25, 0.3) is 0 Å². The molecule has 0 radical (unpaired) electrons. The maximum Gasteiger partial charge on any atom is 0.127 e. The molecule has 0 amide bonds. The molecule has 1 nitrogen and oxygen atoms in total. The van der Waals surface area contributed by atoms with Gasteiger partial charge >= 0.3 is 0 Å². The smallest absolute Gasteiger partial charge is 0.127 e. The van der Waals surface area contributed by atoms with Crippen LogP contribution in [0.3, 0.4) is 0 Å². The van der Waals surface area contributed by atoms with Crippen LogP contribution in [0, 0.1) is 12.7 Å². The zero-order valence-electron chi connectivity index (χ0n) is 11.8. The topological polar surface area (TPSA) is 12.0 Å². The first-order valence-electron chi connectivity index (χ1n) is 7.26. The Morgan fingerprint density at radius 1 is 1.05 bits per heavy atom. The molecule has 1 fully saturated rings. The van der Waals surface area contributed by atoms with Crippen molar-refractivity contribution in [2.24, 2.45) is 0 Å². The number of hydrogen-bond donors (Lipinski definition) is 1. The number of rotatable bonds is 4. The summed E-state index contributed by atoms with van der Waals surface area (Å²) >= 11 is 0. The van der Waals surface area contributed by atoms with Crippen LogP contribution in [0.1, 0.15) is 35.4 Å². The third-order valence-electron chi connectivity index (χ3n) is 4.23. The Balaban J connectivity index is 1.49. The highest BCUT2D eigenvalue weighted by Gasteiger charge is 2.29. The Kier molecular flexibility index (Phi) is 3.83. The van der Waals surface area contributed by atoms with Crippen LogP contribution in [0.15, 0.2) is 48.5 Å². The minimum Gasteiger partial charge on any atom is -0.310 e. The van der Waals surface area contributed by atoms with Crippen molar-refractivity contribution in [1.29, 1.82) is 0 Å². The lowest BCUT2D eigenvalue weighted by Gasteiger charge is -2.36. The van der Waals surface area contributed by atoms with Gasteiger partial charge in [0, 0.05) is 18.2 Å². The van der Waals surface area contributed by atoms with Crippen molar-refractivity contribution >= 4 is 0 Å². The summed E-state index contributed by atoms with van der Waals surface area (Å²) in [6, 6.07) is 16.3. The summed E-state index contributed by atoms with van der Waals surface area (Å²) in [7, 11) is 0. The third-order valence-corrected chi connectivity index (χ3v) is 4.23. The van der Waals surface area contributed by atoms with E-state index in [1.165, 1.54) is 17.2 Å². The largest absolute Gasteiger partial charge is 0.310 e. The van der Waals surface area contributed by atoms with E-state index in [4.69, 9.17) is 0 Å². The first kappa shape index (κ1) is 13.3. The molecule has 0 aromatic heterocycles. The summed E-state index contributed by atoms with van der Waals surface area (Å²) < 4.78 is 13.5. The van der Waals surface area contributed by atoms with Crippen molar-refractivity contribution in [3.05, 3.63) is 71.0 Å². The standard InChI is InChI=1S/C18H20FN/c1-13-6-8-14(9-7-13)16-10-17(11-16)20-12-15-4-2-3-5-18(15)19/h2-9,16-17,20H,10-12H2,1H3. The van der Waals surface area contributed by atoms with E-state index in [1.807, 2.05) is 12.1 Å². The minimum atomic E-state index is -0.116. The molecule has 0 bridgehead atoms. The zero-order valence-corrected chi connectivity index (χ0v) is 11.8. The van der Waals surface area contributed by atoms with Gasteiger partial charge in [0.2, 0.25) is 0 Å². The summed E-state index contributed by atoms with van der Waals surface area (Å²) in [5.41, 5.74) is 3.49. The van der Waals surface area contributed by atoms with E-state index in [2.05, 4.69) is 36.5 Å². The number of nitrogens with one attached hydrogen (secondary N) is 1. The van der Waals surface area contributed by atoms with Crippen LogP contribution < -0.4 is 5.32 Å². The van der Waals surface area contributed by atoms with Gasteiger partial charge in [-0.1, -0.05) is 48.0 Å². The molecule has 0 atom stereocenters. The van der Waals surface area contributed by atoms with E-state index in [-0.39, 0.29) is 5.82 Å². The lowest BCUT2D eigenvalue weighted by Crippen LogP contribution is -2.39. The molecule has 2 aromatic rings. The fourth-order valence-electron chi connectivity index (χ4n) is 2.79. The van der Waals surface area contributed by atoms with Crippen molar-refractivity contribution < 1.29 is 4.39 Å². The van der Waals surface area contributed by atoms with Crippen LogP contribution in [0.2, 0.25) is 0 Å². The van der Waals surface area contributed by atoms with E-state index in [9.17, 15) is 4.39 Å². The molecule has 0 heterocycles. The molecule has 1 N–H and O–H groups in total. The van der Waals surface area contributed by atoms with Crippen molar-refractivity contribution in [3.63, 3.8) is 0 Å². The maximum atomic E-state index is 13.5. The fraction of sp³-hybridized carbons (Fsp3) is 0.333. The SMILES string of the molecule is Cc1ccc(C2CC(NCc3ccccc3F)C2)cc1. The van der Waals surface area contributed by atoms with Gasteiger partial charge in [0.1, 0.15) is 5.82 Å². The van der Waals surface area contributed by atoms with Crippen molar-refractivity contribution in [2.45, 2.75) is 38.3 Å². The van der Waals surface area contributed by atoms with Crippen LogP contribution >= 0.6 is 0 Å². The maximum absolute atomic E-state index is 13.5. The van der Waals surface area contributed by atoms with E-state index in [1.54, 1.807) is 6.07 Å². The Bertz CT molecular complexity index is 570. The average molecular weight is 269 g/mol. The lowest BCUT2D eigenvalue weighted by atomic mass is 9.75. The van der Waals surface area contributed by atoms with Gasteiger partial charge in [0.05, 0.1) is 0 Å². The third kappa shape index (κ3) is 2.91. The van der Waals surface area contributed by atoms with Gasteiger partial charge in [-0.25, -0.2) is 4.39 Å². The molecular formula is C18H20FN. The van der Waals surface area contributed by atoms with Crippen molar-refractivity contribution in [1.82, 2.24) is 5.32 Å². The molecule has 2 aromatic carbocycles. The monoisotopic (exact) mass is 269 g/mol. The molecule has 1 saturated carbocycles. The normalized spacial score (nSPS) is 21.5. The second kappa shape index (κ2) is 5.76. The number of hydrogen-bond acceptors (Lipinski definition) is 1. The van der Waals surface area contributed by atoms with Gasteiger partial charge in [-0.2, -0.15) is 0 Å². The Morgan fingerprint density at radius 2 is 1.75 bits per heavy atom. The molecule has 0 spiro atoms. The second-order valence-corrected chi connectivity index (χ2v) is 5.75. The summed E-state index contributed by atoms with van der Waals surface area (Å²) in [5, 5.41) is 3.45. The summed E-state index contributed by atoms with van der Waals surface area (Å²) in [4.78, 5) is 0. The van der Waals surface area contributed by atoms with Gasteiger partial charge in [0.15, 0.2) is 0 Å². The van der Waals surface area contributed by atoms with Crippen LogP contribution in [-0.2, 0) is 6.54 Å². The van der Waals surface area contributed by atoms with Crippen LogP contribution in [0.4, 0.5) is 4.39 Å². The minimum absolute atomic E-state index is 0.116. The average Bonchev–Trinajstić information content (AvgIpc) is 2.41. The molecule has 0 saturated heterocycles. The summed E-state index contributed by atoms with van der Waals surface area (Å²) in [6.45, 7) is 2.74. The molecule has 1 aliphatic rings. The predicted octanol–water partition coefficient (Wildman–Crippen LogP) is 4.17. The molecule has 20 heavy (non-hydrogen) atoms. The highest BCUT2D eigenvalue weighted by atomic mass is 19.1. The molecule has 0 aliphatic heterocycles. The van der Waals surface area contributed by atoms with E-state index in [0.29, 0.717) is 18.5 Å². The predicted molar refractivity (Wildman–Crippen MR) is 80.2 cm³/mol. The molecular weight excluding hydrogens is 249 g/mol. The fourth-order valence-corrected chi connectivity index (χ4v) is 2.79. The number of aryl methyl sites for hydroxylation is 1. The van der Waals surface area contributed by atoms with Gasteiger partial charge in [-0.15, -0.1) is 0 Å².